The molecule has 1 N–H and O–H groups in total. The monoisotopic (exact) mass is 197 g/mol. The Balaban J connectivity index is 3.16. The predicted octanol–water partition coefficient (Wildman–Crippen LogP) is -0.0164. The van der Waals surface area contributed by atoms with Gasteiger partial charge in [0.2, 0.25) is 0 Å². The lowest BCUT2D eigenvalue weighted by molar-refractivity contribution is 0.603. The Hall–Kier alpha value is 0.260. The van der Waals surface area contributed by atoms with Gasteiger partial charge in [0, 0.05) is 24.3 Å². The molecule has 0 heterocycles. The molecule has 0 saturated carbocycles. The van der Waals surface area contributed by atoms with E-state index in [9.17, 15) is 8.42 Å². The van der Waals surface area contributed by atoms with Gasteiger partial charge in [0.15, 0.2) is 0 Å². The summed E-state index contributed by atoms with van der Waals surface area (Å²) in [5, 5.41) is 3.00. The lowest BCUT2D eigenvalue weighted by Crippen LogP contribution is -2.11. The number of sulfone groups is 1. The quantitative estimate of drug-likeness (QED) is 0.608. The van der Waals surface area contributed by atoms with Crippen LogP contribution in [0.2, 0.25) is 0 Å². The van der Waals surface area contributed by atoms with E-state index >= 15 is 0 Å². The highest BCUT2D eigenvalue weighted by Crippen LogP contribution is 1.99. The van der Waals surface area contributed by atoms with Crippen molar-refractivity contribution in [2.75, 3.05) is 37.1 Å². The Morgan fingerprint density at radius 3 is 2.45 bits per heavy atom. The van der Waals surface area contributed by atoms with Gasteiger partial charge >= 0.3 is 0 Å². The summed E-state index contributed by atoms with van der Waals surface area (Å²) in [5.74, 6) is 1.98. The molecule has 0 aliphatic heterocycles. The molecule has 0 fully saturated rings. The van der Waals surface area contributed by atoms with Crippen LogP contribution in [0.3, 0.4) is 0 Å². The topological polar surface area (TPSA) is 46.2 Å². The zero-order valence-electron chi connectivity index (χ0n) is 6.96. The van der Waals surface area contributed by atoms with Crippen molar-refractivity contribution in [2.45, 2.75) is 0 Å². The summed E-state index contributed by atoms with van der Waals surface area (Å²) in [4.78, 5) is 0. The zero-order chi connectivity index (χ0) is 8.74. The van der Waals surface area contributed by atoms with E-state index in [1.165, 1.54) is 6.26 Å². The number of nitrogens with one attached hydrogen (secondary N) is 1. The number of hydrogen-bond acceptors (Lipinski definition) is 4. The molecule has 0 bridgehead atoms. The molecule has 3 nitrogen and oxygen atoms in total. The molecule has 0 radical (unpaired) electrons. The van der Waals surface area contributed by atoms with Crippen LogP contribution in [0, 0.1) is 0 Å². The Labute approximate surface area is 72.9 Å². The molecule has 0 aliphatic rings. The van der Waals surface area contributed by atoms with Crippen LogP contribution in [0.4, 0.5) is 0 Å². The van der Waals surface area contributed by atoms with E-state index < -0.39 is 9.84 Å². The third kappa shape index (κ3) is 10.3. The molecule has 0 amide bonds. The summed E-state index contributed by atoms with van der Waals surface area (Å²) >= 11 is 1.66. The molecule has 0 aromatic carbocycles. The molecule has 0 aliphatic carbocycles. The fourth-order valence-corrected chi connectivity index (χ4v) is 2.72. The average molecular weight is 197 g/mol. The van der Waals surface area contributed by atoms with Crippen molar-refractivity contribution in [3.8, 4) is 0 Å². The van der Waals surface area contributed by atoms with Gasteiger partial charge in [-0.25, -0.2) is 8.42 Å². The maximum Gasteiger partial charge on any atom is 0.148 e. The Kier molecular flexibility index (Phi) is 5.99. The Morgan fingerprint density at radius 1 is 1.36 bits per heavy atom. The minimum Gasteiger partial charge on any atom is -0.319 e. The fourth-order valence-electron chi connectivity index (χ4n) is 0.487. The summed E-state index contributed by atoms with van der Waals surface area (Å²) in [6.07, 6.45) is 1.27. The average Bonchev–Trinajstić information content (AvgIpc) is 1.85. The zero-order valence-corrected chi connectivity index (χ0v) is 8.59. The molecule has 0 spiro atoms. The normalized spacial score (nSPS) is 11.8. The maximum absolute atomic E-state index is 10.6. The Bertz CT molecular complexity index is 177. The summed E-state index contributed by atoms with van der Waals surface area (Å²) in [7, 11) is -0.867. The second-order valence-electron chi connectivity index (χ2n) is 2.35. The first-order valence-electron chi connectivity index (χ1n) is 3.46. The molecule has 11 heavy (non-hydrogen) atoms. The van der Waals surface area contributed by atoms with Crippen LogP contribution in [0.5, 0.6) is 0 Å². The van der Waals surface area contributed by atoms with Crippen molar-refractivity contribution in [1.29, 1.82) is 0 Å². The van der Waals surface area contributed by atoms with E-state index in [4.69, 9.17) is 0 Å². The Morgan fingerprint density at radius 2 is 2.00 bits per heavy atom. The molecule has 68 valence electrons. The van der Waals surface area contributed by atoms with Gasteiger partial charge in [0.1, 0.15) is 9.84 Å². The van der Waals surface area contributed by atoms with Crippen molar-refractivity contribution in [1.82, 2.24) is 5.32 Å². The molecule has 0 unspecified atom stereocenters. The molecular formula is C6H15NO2S2. The third-order valence-corrected chi connectivity index (χ3v) is 3.28. The van der Waals surface area contributed by atoms with E-state index in [0.29, 0.717) is 11.5 Å². The van der Waals surface area contributed by atoms with Crippen molar-refractivity contribution in [3.63, 3.8) is 0 Å². The molecule has 0 rings (SSSR count). The second-order valence-corrected chi connectivity index (χ2v) is 5.83. The van der Waals surface area contributed by atoms with Crippen LogP contribution in [-0.4, -0.2) is 45.5 Å². The van der Waals surface area contributed by atoms with E-state index in [1.807, 2.05) is 7.05 Å². The maximum atomic E-state index is 10.6. The van der Waals surface area contributed by atoms with Gasteiger partial charge in [0.05, 0.1) is 5.75 Å². The van der Waals surface area contributed by atoms with Crippen LogP contribution in [-0.2, 0) is 9.84 Å². The standard InChI is InChI=1S/C6H15NO2S2/c1-7-3-4-10-5-6-11(2,8)9/h7H,3-6H2,1-2H3. The van der Waals surface area contributed by atoms with Crippen LogP contribution < -0.4 is 5.32 Å². The van der Waals surface area contributed by atoms with Gasteiger partial charge in [-0.1, -0.05) is 0 Å². The van der Waals surface area contributed by atoms with Crippen molar-refractivity contribution in [3.05, 3.63) is 0 Å². The summed E-state index contributed by atoms with van der Waals surface area (Å²) in [6.45, 7) is 0.939. The first-order chi connectivity index (χ1) is 5.06. The summed E-state index contributed by atoms with van der Waals surface area (Å²) < 4.78 is 21.3. The molecular weight excluding hydrogens is 182 g/mol. The minimum absolute atomic E-state index is 0.293. The van der Waals surface area contributed by atoms with Gasteiger partial charge in [-0.05, 0) is 7.05 Å². The van der Waals surface area contributed by atoms with E-state index in [0.717, 1.165) is 12.3 Å². The first kappa shape index (κ1) is 11.3. The highest BCUT2D eigenvalue weighted by atomic mass is 32.2. The van der Waals surface area contributed by atoms with Gasteiger partial charge in [-0.2, -0.15) is 11.8 Å². The number of rotatable bonds is 6. The lowest BCUT2D eigenvalue weighted by atomic mass is 10.8. The van der Waals surface area contributed by atoms with Crippen LogP contribution >= 0.6 is 11.8 Å². The SMILES string of the molecule is CNCCSCCS(C)(=O)=O. The lowest BCUT2D eigenvalue weighted by Gasteiger charge is -1.98. The molecule has 0 saturated heterocycles. The van der Waals surface area contributed by atoms with Crippen molar-refractivity contribution < 1.29 is 8.42 Å². The van der Waals surface area contributed by atoms with E-state index in [2.05, 4.69) is 5.32 Å². The highest BCUT2D eigenvalue weighted by Gasteiger charge is 2.00. The van der Waals surface area contributed by atoms with Crippen LogP contribution in [0.1, 0.15) is 0 Å². The molecule has 0 aromatic heterocycles. The predicted molar refractivity (Wildman–Crippen MR) is 51.0 cm³/mol. The first-order valence-corrected chi connectivity index (χ1v) is 6.68. The summed E-state index contributed by atoms with van der Waals surface area (Å²) in [5.41, 5.74) is 0. The van der Waals surface area contributed by atoms with E-state index in [1.54, 1.807) is 11.8 Å². The van der Waals surface area contributed by atoms with Crippen LogP contribution in [0.25, 0.3) is 0 Å². The van der Waals surface area contributed by atoms with Crippen LogP contribution in [0.15, 0.2) is 0 Å². The van der Waals surface area contributed by atoms with E-state index in [-0.39, 0.29) is 0 Å². The molecule has 5 heteroatoms. The number of hydrogen-bond donors (Lipinski definition) is 1. The number of thioether (sulfide) groups is 1. The second kappa shape index (κ2) is 5.85. The van der Waals surface area contributed by atoms with Gasteiger partial charge in [0.25, 0.3) is 0 Å². The van der Waals surface area contributed by atoms with Gasteiger partial charge in [-0.15, -0.1) is 0 Å². The van der Waals surface area contributed by atoms with Gasteiger partial charge in [-0.3, -0.25) is 0 Å². The van der Waals surface area contributed by atoms with Crippen molar-refractivity contribution >= 4 is 21.6 Å². The molecule has 0 aromatic rings. The third-order valence-electron chi connectivity index (χ3n) is 1.09. The highest BCUT2D eigenvalue weighted by molar-refractivity contribution is 8.00. The minimum atomic E-state index is -2.75. The fraction of sp³-hybridized carbons (Fsp3) is 1.00. The largest absolute Gasteiger partial charge is 0.319 e. The van der Waals surface area contributed by atoms with Crippen molar-refractivity contribution in [2.24, 2.45) is 0 Å². The summed E-state index contributed by atoms with van der Waals surface area (Å²) in [6, 6.07) is 0. The molecule has 0 atom stereocenters. The van der Waals surface area contributed by atoms with Gasteiger partial charge < -0.3 is 5.32 Å². The smallest absolute Gasteiger partial charge is 0.148 e.